The van der Waals surface area contributed by atoms with Crippen LogP contribution in [0, 0.1) is 0 Å². The van der Waals surface area contributed by atoms with Gasteiger partial charge in [0.25, 0.3) is 0 Å². The monoisotopic (exact) mass is 1100 g/mol. The van der Waals surface area contributed by atoms with Crippen LogP contribution >= 0.6 is 28.3 Å². The second-order valence-corrected chi connectivity index (χ2v) is 20.7. The molecule has 1 saturated carbocycles. The number of phosphoric acid groups is 2. The minimum atomic E-state index is -4.96. The van der Waals surface area contributed by atoms with Crippen LogP contribution < -0.4 is 10.7 Å². The summed E-state index contributed by atoms with van der Waals surface area (Å²) in [6.07, 6.45) is -47.1. The second-order valence-electron chi connectivity index (χ2n) is 17.4. The summed E-state index contributed by atoms with van der Waals surface area (Å²) in [5.74, 6) is 0.911. The van der Waals surface area contributed by atoms with Crippen LogP contribution in [-0.2, 0) is 65.1 Å². The third-order valence-electron chi connectivity index (χ3n) is 12.4. The Morgan fingerprint density at radius 2 is 1.17 bits per heavy atom. The van der Waals surface area contributed by atoms with Crippen molar-refractivity contribution in [1.82, 2.24) is 0 Å². The lowest BCUT2D eigenvalue weighted by Crippen LogP contribution is -2.76. The van der Waals surface area contributed by atoms with Crippen LogP contribution in [0.15, 0.2) is 0 Å². The maximum atomic E-state index is 12.8. The molecule has 0 aromatic heterocycles. The number of fused-ring (bicyclic) bond motifs is 1. The van der Waals surface area contributed by atoms with Crippen molar-refractivity contribution >= 4 is 34.1 Å². The van der Waals surface area contributed by atoms with Gasteiger partial charge in [-0.05, 0) is 12.2 Å². The molecule has 6 rings (SSSR count). The van der Waals surface area contributed by atoms with E-state index in [2.05, 4.69) is 17.6 Å². The highest BCUT2D eigenvalue weighted by molar-refractivity contribution is 7.80. The highest BCUT2D eigenvalue weighted by Gasteiger charge is 2.61. The van der Waals surface area contributed by atoms with Gasteiger partial charge in [0, 0.05) is 12.8 Å². The van der Waals surface area contributed by atoms with Gasteiger partial charge >= 0.3 is 15.6 Å². The van der Waals surface area contributed by atoms with Crippen molar-refractivity contribution < 1.29 is 151 Å². The summed E-state index contributed by atoms with van der Waals surface area (Å²) in [5.41, 5.74) is 5.82. The minimum Gasteiger partial charge on any atom is -0.394 e. The van der Waals surface area contributed by atoms with E-state index in [-0.39, 0.29) is 6.54 Å². The van der Waals surface area contributed by atoms with Gasteiger partial charge < -0.3 is 119 Å². The fourth-order valence-electron chi connectivity index (χ4n) is 8.46. The number of rotatable bonds is 21. The van der Waals surface area contributed by atoms with Gasteiger partial charge in [-0.3, -0.25) is 28.8 Å². The lowest BCUT2D eigenvalue weighted by molar-refractivity contribution is -0.461. The van der Waals surface area contributed by atoms with E-state index in [1.165, 1.54) is 0 Å². The lowest BCUT2D eigenvalue weighted by Gasteiger charge is -2.48. The third kappa shape index (κ3) is 14.2. The highest BCUT2D eigenvalue weighted by Crippen LogP contribution is 2.56. The molecule has 6 aliphatic rings. The van der Waals surface area contributed by atoms with E-state index in [0.717, 1.165) is 0 Å². The number of nitrogens with one attached hydrogen (secondary N) is 1. The summed E-state index contributed by atoms with van der Waals surface area (Å²) >= 11 is 4.09. The number of nitrogens with two attached hydrogens (primary N) is 1. The summed E-state index contributed by atoms with van der Waals surface area (Å²) in [4.78, 5) is 23.1. The van der Waals surface area contributed by atoms with Crippen molar-refractivity contribution in [3.05, 3.63) is 0 Å². The SMILES string of the molecule is NC(CCCS)=[NH+]CCOP(=O)(O)OC[C@@H]1O[C@@H](O[C@@H]2[C@H](OC[C@@H]3O[C@H](O[C@@H]4[C@@H](O)[C@H](O)[C@H](O)[C@@H]5OP(=O)(O)O[C@@H]45)C[C@@H](O)[C@@H]3O)O[C@@H](CO)[C@H](O)[C@@H]2O)[C@@H](O[C@@H]2O[C@@H](CO)[C@H](O)[C@H](O)[C@@H]2O)[C@@H](O)[C@H]1O. The molecule has 19 N–H and O–H groups in total. The average molecular weight is 1100 g/mol. The van der Waals surface area contributed by atoms with Crippen molar-refractivity contribution in [2.45, 2.75) is 173 Å². The number of phosphoric ester groups is 2. The van der Waals surface area contributed by atoms with Gasteiger partial charge in [-0.25, -0.2) is 9.13 Å². The Kier molecular flexibility index (Phi) is 21.4. The number of amidine groups is 1. The maximum Gasteiger partial charge on any atom is 0.473 e. The van der Waals surface area contributed by atoms with E-state index in [4.69, 9.17) is 61.7 Å². The largest absolute Gasteiger partial charge is 0.473 e. The van der Waals surface area contributed by atoms with Crippen LogP contribution in [0.3, 0.4) is 0 Å². The van der Waals surface area contributed by atoms with Crippen LogP contribution in [0.5, 0.6) is 0 Å². The van der Waals surface area contributed by atoms with E-state index in [1.807, 2.05) is 0 Å². The molecule has 1 aliphatic carbocycles. The molecular formula is C36H65N2O30P2S+. The maximum absolute atomic E-state index is 12.8. The van der Waals surface area contributed by atoms with Gasteiger partial charge in [-0.15, -0.1) is 0 Å². The normalized spacial score (nSPS) is 48.5. The van der Waals surface area contributed by atoms with Gasteiger partial charge in [0.1, 0.15) is 129 Å². The predicted molar refractivity (Wildman–Crippen MR) is 225 cm³/mol. The zero-order chi connectivity index (χ0) is 52.3. The minimum absolute atomic E-state index is 0.0386. The van der Waals surface area contributed by atoms with Crippen LogP contribution in [0.25, 0.3) is 0 Å². The predicted octanol–water partition coefficient (Wildman–Crippen LogP) is -11.1. The zero-order valence-corrected chi connectivity index (χ0v) is 40.0. The third-order valence-corrected chi connectivity index (χ3v) is 14.7. The summed E-state index contributed by atoms with van der Waals surface area (Å²) < 4.78 is 90.8. The molecule has 5 heterocycles. The molecule has 0 aromatic carbocycles. The first-order chi connectivity index (χ1) is 33.4. The van der Waals surface area contributed by atoms with Gasteiger partial charge in [-0.1, -0.05) is 0 Å². The quantitative estimate of drug-likeness (QED) is 0.0167. The molecule has 0 radical (unpaired) electrons. The summed E-state index contributed by atoms with van der Waals surface area (Å²) in [6, 6.07) is 0. The van der Waals surface area contributed by atoms with Crippen molar-refractivity contribution in [2.24, 2.45) is 5.73 Å². The Balaban J connectivity index is 1.20. The number of hydrogen-bond acceptors (Lipinski definition) is 29. The Labute approximate surface area is 408 Å². The number of thiol groups is 1. The van der Waals surface area contributed by atoms with Crippen LogP contribution in [-0.4, -0.2) is 286 Å². The van der Waals surface area contributed by atoms with Crippen molar-refractivity contribution in [1.29, 1.82) is 0 Å². The zero-order valence-electron chi connectivity index (χ0n) is 37.3. The Morgan fingerprint density at radius 1 is 0.634 bits per heavy atom. The first-order valence-corrected chi connectivity index (χ1v) is 25.9. The van der Waals surface area contributed by atoms with Crippen LogP contribution in [0.4, 0.5) is 0 Å². The molecule has 414 valence electrons. The first-order valence-electron chi connectivity index (χ1n) is 22.3. The van der Waals surface area contributed by atoms with Crippen molar-refractivity contribution in [3.8, 4) is 0 Å². The lowest BCUT2D eigenvalue weighted by atomic mass is 9.85. The van der Waals surface area contributed by atoms with Crippen LogP contribution in [0.2, 0.25) is 0 Å². The topological polar surface area (TPSA) is 509 Å². The van der Waals surface area contributed by atoms with E-state index in [0.29, 0.717) is 24.4 Å². The molecular weight excluding hydrogens is 1030 g/mol. The van der Waals surface area contributed by atoms with Gasteiger partial charge in [-0.2, -0.15) is 12.6 Å². The molecule has 27 atom stereocenters. The van der Waals surface area contributed by atoms with Gasteiger partial charge in [0.15, 0.2) is 25.2 Å². The molecule has 6 fully saturated rings. The molecule has 2 unspecified atom stereocenters. The van der Waals surface area contributed by atoms with Crippen molar-refractivity contribution in [3.63, 3.8) is 0 Å². The average Bonchev–Trinajstić information content (AvgIpc) is 3.66. The summed E-state index contributed by atoms with van der Waals surface area (Å²) in [6.45, 7) is -4.24. The number of hydrogen-bond donors (Lipinski definition) is 19. The summed E-state index contributed by atoms with van der Waals surface area (Å²) in [5, 5.41) is 150. The number of ether oxygens (including phenoxy) is 8. The Bertz CT molecular complexity index is 1820. The van der Waals surface area contributed by atoms with E-state index >= 15 is 0 Å². The molecule has 0 spiro atoms. The van der Waals surface area contributed by atoms with E-state index in [9.17, 15) is 90.4 Å². The molecule has 0 aromatic rings. The molecule has 0 amide bonds. The number of aliphatic hydroxyl groups is 14. The van der Waals surface area contributed by atoms with Crippen molar-refractivity contribution in [2.75, 3.05) is 45.3 Å². The fraction of sp³-hybridized carbons (Fsp3) is 0.972. The molecule has 35 heteroatoms. The van der Waals surface area contributed by atoms with Gasteiger partial charge in [0.05, 0.1) is 39.1 Å². The second kappa shape index (κ2) is 25.5. The Morgan fingerprint density at radius 3 is 1.82 bits per heavy atom. The van der Waals surface area contributed by atoms with E-state index in [1.54, 1.807) is 0 Å². The molecule has 32 nitrogen and oxygen atoms in total. The van der Waals surface area contributed by atoms with Gasteiger partial charge in [0.2, 0.25) is 5.84 Å². The highest BCUT2D eigenvalue weighted by atomic mass is 32.1. The molecule has 0 bridgehead atoms. The molecule has 5 aliphatic heterocycles. The first kappa shape index (κ1) is 59.4. The fourth-order valence-corrected chi connectivity index (χ4v) is 10.5. The summed E-state index contributed by atoms with van der Waals surface area (Å²) in [7, 11) is -9.76. The number of aliphatic hydroxyl groups excluding tert-OH is 14. The molecule has 71 heavy (non-hydrogen) atoms. The molecule has 5 saturated heterocycles. The van der Waals surface area contributed by atoms with E-state index < -0.39 is 208 Å². The standard InChI is InChI=1S/C36H64N2O30P2S/c37-16(2-1-5-71)38-3-4-58-69(53,54)59-10-15-21(45)25(49)32(65-34-28(52)22(46)19(43)12(7-39)61-34)36(63-15)66-31-24(48)20(44)13(8-40)62-35(31)57-9-14-18(42)11(41)6-17(60-14)64-29-26(50)23(47)27(51)30-33(29)68-70(55,56)67-30/h11-15,17-36,39-52,71H,1-10H2,(H2,37,38)(H,53,54)(H,55,56)/p+1/t11-,12+,13+,14+,15+,17-,18+,19+,20+,21+,22+,23+,24+,25+,26+,27+,28+,29-,30+,31+,32+,33+,34+,35-,36+/m1/s1. The smallest absolute Gasteiger partial charge is 0.394 e. The Hall–Kier alpha value is -0.840. The van der Waals surface area contributed by atoms with Crippen LogP contribution in [0.1, 0.15) is 19.3 Å².